The molecule has 442 valence electrons. The van der Waals surface area contributed by atoms with Crippen molar-refractivity contribution < 1.29 is 68.5 Å². The zero-order chi connectivity index (χ0) is 58.7. The van der Waals surface area contributed by atoms with E-state index in [1.807, 2.05) is 71.9 Å². The van der Waals surface area contributed by atoms with E-state index in [0.717, 1.165) is 50.5 Å². The summed E-state index contributed by atoms with van der Waals surface area (Å²) in [7, 11) is 0. The highest BCUT2D eigenvalue weighted by molar-refractivity contribution is 6.40. The highest BCUT2D eigenvalue weighted by atomic mass is 16.5. The van der Waals surface area contributed by atoms with Crippen LogP contribution >= 0.6 is 0 Å². The summed E-state index contributed by atoms with van der Waals surface area (Å²) >= 11 is 0. The molecule has 0 bridgehead atoms. The number of unbranched alkanes of at least 4 members (excludes halogenated alkanes) is 3. The molecule has 17 heteroatoms. The van der Waals surface area contributed by atoms with E-state index in [1.54, 1.807) is 13.0 Å². The summed E-state index contributed by atoms with van der Waals surface area (Å²) in [5, 5.41) is 70.4. The molecule has 1 saturated carbocycles. The molecule has 0 saturated heterocycles. The standard InChI is InChI=1S/C61H99N3O14/c1-10-12-18-33-64(59(71)72)58(70)57(69)61(73,74)50(9)23-16-17-24-56(78-43-60(40-75-11-2,41-76-34-19-31-62)42-77-35-20-32-63)46(5)22-15-13-14-21-44(3)36-47(6)54(67)39-55(68)49(8)38-48(7)53(66)30-25-45(4)37-51-26-28-52(65)29-27-51/h13-15,21-22,38,44-45,47-48,50-52,55-56,65,68,73-74H,10-12,16-20,23-30,33-37,39-43H2,1-9H3,(H,71,72)/b15-13+,21-14+,46-22+,49-38+/t44-,45+,47-,48-,50-,51?,52?,55+,56?/m1/s1. The molecule has 0 aliphatic heterocycles. The van der Waals surface area contributed by atoms with E-state index in [1.165, 1.54) is 6.92 Å². The van der Waals surface area contributed by atoms with Gasteiger partial charge in [-0.25, -0.2) is 9.69 Å². The summed E-state index contributed by atoms with van der Waals surface area (Å²) in [4.78, 5) is 64.3. The molecule has 5 N–H and O–H groups in total. The molecule has 78 heavy (non-hydrogen) atoms. The molecule has 0 radical (unpaired) electrons. The van der Waals surface area contributed by atoms with Gasteiger partial charge >= 0.3 is 12.0 Å². The Morgan fingerprint density at radius 2 is 1.38 bits per heavy atom. The number of nitrogens with zero attached hydrogens (tertiary/aromatic N) is 3. The van der Waals surface area contributed by atoms with Crippen LogP contribution in [0.3, 0.4) is 0 Å². The van der Waals surface area contributed by atoms with Gasteiger partial charge in [0.1, 0.15) is 11.6 Å². The van der Waals surface area contributed by atoms with Crippen LogP contribution in [0.5, 0.6) is 0 Å². The average molecular weight is 1100 g/mol. The number of amides is 2. The lowest BCUT2D eigenvalue weighted by atomic mass is 9.80. The normalized spacial score (nSPS) is 18.4. The molecule has 1 aliphatic rings. The van der Waals surface area contributed by atoms with E-state index in [4.69, 9.17) is 29.5 Å². The average Bonchev–Trinajstić information content (AvgIpc) is 3.41. The summed E-state index contributed by atoms with van der Waals surface area (Å²) in [6.07, 6.45) is 18.2. The highest BCUT2D eigenvalue weighted by Crippen LogP contribution is 2.32. The molecular formula is C61H99N3O14. The monoisotopic (exact) mass is 1100 g/mol. The minimum Gasteiger partial charge on any atom is -0.465 e. The number of aliphatic hydroxyl groups excluding tert-OH is 2. The fraction of sp³-hybridized carbons (Fsp3) is 0.754. The van der Waals surface area contributed by atoms with Crippen molar-refractivity contribution in [2.45, 2.75) is 202 Å². The molecule has 0 spiro atoms. The number of carbonyl (C=O) groups excluding carboxylic acids is 4. The maximum atomic E-state index is 13.3. The van der Waals surface area contributed by atoms with Crippen molar-refractivity contribution in [2.24, 2.45) is 40.9 Å². The third kappa shape index (κ3) is 28.6. The fourth-order valence-electron chi connectivity index (χ4n) is 9.63. The lowest BCUT2D eigenvalue weighted by molar-refractivity contribution is -0.204. The first-order valence-corrected chi connectivity index (χ1v) is 28.7. The fourth-order valence-corrected chi connectivity index (χ4v) is 9.63. The first-order valence-electron chi connectivity index (χ1n) is 28.7. The van der Waals surface area contributed by atoms with Crippen LogP contribution in [0.15, 0.2) is 47.6 Å². The Kier molecular flexibility index (Phi) is 36.6. The summed E-state index contributed by atoms with van der Waals surface area (Å²) in [6, 6.07) is 4.15. The van der Waals surface area contributed by atoms with Gasteiger partial charge in [0.2, 0.25) is 5.79 Å². The predicted molar refractivity (Wildman–Crippen MR) is 299 cm³/mol. The molecule has 0 aromatic rings. The van der Waals surface area contributed by atoms with Gasteiger partial charge in [0.25, 0.3) is 5.78 Å². The van der Waals surface area contributed by atoms with E-state index < -0.39 is 47.1 Å². The molecule has 17 nitrogen and oxygen atoms in total. The Labute approximate surface area is 467 Å². The number of hydrogen-bond donors (Lipinski definition) is 5. The van der Waals surface area contributed by atoms with E-state index in [-0.39, 0.29) is 107 Å². The van der Waals surface area contributed by atoms with Crippen molar-refractivity contribution in [1.29, 1.82) is 10.5 Å². The van der Waals surface area contributed by atoms with Gasteiger partial charge in [-0.2, -0.15) is 10.5 Å². The van der Waals surface area contributed by atoms with Crippen molar-refractivity contribution in [3.63, 3.8) is 0 Å². The Bertz CT molecular complexity index is 1970. The number of Topliss-reactive ketones (excluding diaryl/α,β-unsaturated/α-hetero) is 3. The predicted octanol–water partition coefficient (Wildman–Crippen LogP) is 9.95. The second-order valence-corrected chi connectivity index (χ2v) is 22.2. The van der Waals surface area contributed by atoms with Crippen LogP contribution in [-0.4, -0.2) is 137 Å². The number of aliphatic hydroxyl groups is 4. The van der Waals surface area contributed by atoms with Crippen LogP contribution in [0.2, 0.25) is 0 Å². The summed E-state index contributed by atoms with van der Waals surface area (Å²) < 4.78 is 24.4. The minimum absolute atomic E-state index is 0.0341. The number of carboxylic acid groups (broad SMARTS) is 1. The van der Waals surface area contributed by atoms with E-state index in [2.05, 4.69) is 19.1 Å². The molecule has 0 heterocycles. The Balaban J connectivity index is 3.11. The lowest BCUT2D eigenvalue weighted by Crippen LogP contribution is -2.54. The molecule has 1 unspecified atom stereocenters. The number of nitriles is 2. The Hall–Kier alpha value is -4.43. The third-order valence-corrected chi connectivity index (χ3v) is 14.9. The smallest absolute Gasteiger partial charge is 0.414 e. The second-order valence-electron chi connectivity index (χ2n) is 22.2. The summed E-state index contributed by atoms with van der Waals surface area (Å²) in [6.45, 7) is 17.9. The number of carbonyl (C=O) groups is 5. The van der Waals surface area contributed by atoms with Crippen molar-refractivity contribution in [1.82, 2.24) is 4.90 Å². The lowest BCUT2D eigenvalue weighted by Gasteiger charge is -2.34. The highest BCUT2D eigenvalue weighted by Gasteiger charge is 2.46. The van der Waals surface area contributed by atoms with Crippen molar-refractivity contribution in [2.75, 3.05) is 52.8 Å². The Morgan fingerprint density at radius 3 is 1.97 bits per heavy atom. The number of allylic oxidation sites excluding steroid dienone is 6. The van der Waals surface area contributed by atoms with Crippen LogP contribution in [-0.2, 0) is 38.1 Å². The van der Waals surface area contributed by atoms with Gasteiger partial charge in [0.05, 0.1) is 88.3 Å². The van der Waals surface area contributed by atoms with Crippen molar-refractivity contribution >= 4 is 29.4 Å². The largest absolute Gasteiger partial charge is 0.465 e. The molecule has 1 rings (SSSR count). The molecule has 1 fully saturated rings. The Morgan fingerprint density at radius 1 is 0.769 bits per heavy atom. The molecule has 1 aliphatic carbocycles. The second kappa shape index (κ2) is 39.9. The summed E-state index contributed by atoms with van der Waals surface area (Å²) in [5.41, 5.74) is 0.652. The van der Waals surface area contributed by atoms with Crippen molar-refractivity contribution in [3.05, 3.63) is 47.6 Å². The van der Waals surface area contributed by atoms with Gasteiger partial charge in [0, 0.05) is 43.7 Å². The van der Waals surface area contributed by atoms with Crippen LogP contribution in [0.25, 0.3) is 0 Å². The quantitative estimate of drug-likeness (QED) is 0.0125. The summed E-state index contributed by atoms with van der Waals surface area (Å²) in [5.74, 6) is -6.85. The maximum Gasteiger partial charge on any atom is 0.414 e. The van der Waals surface area contributed by atoms with Crippen molar-refractivity contribution in [3.8, 4) is 12.1 Å². The van der Waals surface area contributed by atoms with E-state index in [9.17, 15) is 49.5 Å². The number of ketones is 3. The van der Waals surface area contributed by atoms with E-state index in [0.29, 0.717) is 73.9 Å². The van der Waals surface area contributed by atoms with Gasteiger partial charge in [-0.05, 0) is 114 Å². The van der Waals surface area contributed by atoms with E-state index >= 15 is 0 Å². The van der Waals surface area contributed by atoms with Gasteiger partial charge in [-0.3, -0.25) is 19.2 Å². The molecule has 0 aromatic heterocycles. The number of rotatable bonds is 43. The number of hydrogen-bond acceptors (Lipinski definition) is 15. The number of imide groups is 1. The first kappa shape index (κ1) is 71.6. The molecule has 0 aromatic carbocycles. The minimum atomic E-state index is -3.09. The molecule has 7 atom stereocenters. The zero-order valence-electron chi connectivity index (χ0n) is 48.8. The van der Waals surface area contributed by atoms with Gasteiger partial charge in [-0.1, -0.05) is 104 Å². The van der Waals surface area contributed by atoms with Gasteiger partial charge in [0.15, 0.2) is 0 Å². The SMILES string of the molecule is CCCCCN(C(=O)O)C(=O)C(=O)C(O)(O)[C@H](C)CCCCC(OCC(COCC)(COCCC#N)COCCC#N)/C(C)=C/C=C/C=C/[C@@H](C)C[C@@H](C)C(=O)C[C@H](O)/C(C)=C/[C@@H](C)C(=O)CC[C@H](C)CC1CCC(O)CC1. The zero-order valence-corrected chi connectivity index (χ0v) is 48.8. The van der Waals surface area contributed by atoms with Gasteiger partial charge < -0.3 is 44.5 Å². The maximum absolute atomic E-state index is 13.3. The third-order valence-electron chi connectivity index (χ3n) is 14.9. The van der Waals surface area contributed by atoms with Crippen LogP contribution in [0.4, 0.5) is 4.79 Å². The molecule has 2 amide bonds. The molecular weight excluding hydrogens is 999 g/mol. The number of ether oxygens (including phenoxy) is 4. The first-order chi connectivity index (χ1) is 37.0. The van der Waals surface area contributed by atoms with Crippen LogP contribution < -0.4 is 0 Å². The topological polar surface area (TPSA) is 274 Å². The van der Waals surface area contributed by atoms with Crippen LogP contribution in [0.1, 0.15) is 178 Å². The van der Waals surface area contributed by atoms with Gasteiger partial charge in [-0.15, -0.1) is 0 Å². The van der Waals surface area contributed by atoms with Crippen LogP contribution in [0, 0.1) is 63.6 Å².